The third-order valence-electron chi connectivity index (χ3n) is 4.64. The van der Waals surface area contributed by atoms with Gasteiger partial charge in [-0.2, -0.15) is 0 Å². The number of hydrogen-bond donors (Lipinski definition) is 3. The maximum atomic E-state index is 11.3. The van der Waals surface area contributed by atoms with E-state index in [0.717, 1.165) is 36.0 Å². The number of nitrogens with zero attached hydrogens (tertiary/aromatic N) is 1. The monoisotopic (exact) mass is 336 g/mol. The molecular weight excluding hydrogens is 312 g/mol. The number of benzene rings is 1. The molecule has 1 unspecified atom stereocenters. The summed E-state index contributed by atoms with van der Waals surface area (Å²) in [5.74, 6) is -0.130. The van der Waals surface area contributed by atoms with Crippen molar-refractivity contribution in [1.29, 1.82) is 0 Å². The summed E-state index contributed by atoms with van der Waals surface area (Å²) < 4.78 is 22.6. The largest absolute Gasteiger partial charge is 0.361 e. The number of rotatable bonds is 6. The van der Waals surface area contributed by atoms with E-state index in [1.54, 1.807) is 6.07 Å². The minimum atomic E-state index is -3.51. The fourth-order valence-corrected chi connectivity index (χ4v) is 4.12. The van der Waals surface area contributed by atoms with E-state index in [0.29, 0.717) is 12.6 Å². The maximum Gasteiger partial charge on any atom is 0.213 e. The fraction of sp³-hybridized carbons (Fsp3) is 0.500. The standard InChI is InChI=1S/C16H24N4O2S/c17-9-14-2-1-6-20(14)7-5-13-10-19-16-4-3-12(8-15(13)16)11-23(18,21)22/h3-4,8,10,14,19H,1-2,5-7,9,11,17H2,(H2,18,21,22). The van der Waals surface area contributed by atoms with E-state index in [9.17, 15) is 8.42 Å². The van der Waals surface area contributed by atoms with Crippen LogP contribution in [0.5, 0.6) is 0 Å². The summed E-state index contributed by atoms with van der Waals surface area (Å²) in [5.41, 5.74) is 8.78. The Labute approximate surface area is 136 Å². The number of primary sulfonamides is 1. The fourth-order valence-electron chi connectivity index (χ4n) is 3.47. The van der Waals surface area contributed by atoms with Gasteiger partial charge in [-0.25, -0.2) is 13.6 Å². The molecule has 2 heterocycles. The molecule has 126 valence electrons. The van der Waals surface area contributed by atoms with E-state index in [2.05, 4.69) is 9.88 Å². The van der Waals surface area contributed by atoms with Crippen LogP contribution in [0.15, 0.2) is 24.4 Å². The average Bonchev–Trinajstić information content (AvgIpc) is 3.09. The van der Waals surface area contributed by atoms with Gasteiger partial charge in [-0.15, -0.1) is 0 Å². The highest BCUT2D eigenvalue weighted by Gasteiger charge is 2.22. The van der Waals surface area contributed by atoms with Crippen LogP contribution in [0.25, 0.3) is 10.9 Å². The van der Waals surface area contributed by atoms with Crippen LogP contribution in [0.1, 0.15) is 24.0 Å². The number of nitrogens with two attached hydrogens (primary N) is 2. The van der Waals surface area contributed by atoms with E-state index < -0.39 is 10.0 Å². The van der Waals surface area contributed by atoms with Crippen LogP contribution < -0.4 is 10.9 Å². The second kappa shape index (κ2) is 6.60. The smallest absolute Gasteiger partial charge is 0.213 e. The highest BCUT2D eigenvalue weighted by molar-refractivity contribution is 7.88. The molecule has 1 aromatic heterocycles. The zero-order valence-corrected chi connectivity index (χ0v) is 14.0. The van der Waals surface area contributed by atoms with Gasteiger partial charge in [-0.3, -0.25) is 4.90 Å². The second-order valence-corrected chi connectivity index (χ2v) is 7.93. The van der Waals surface area contributed by atoms with Gasteiger partial charge in [0.25, 0.3) is 0 Å². The summed E-state index contributed by atoms with van der Waals surface area (Å²) in [6.07, 6.45) is 5.34. The number of fused-ring (bicyclic) bond motifs is 1. The predicted octanol–water partition coefficient (Wildman–Crippen LogP) is 0.922. The molecular formula is C16H24N4O2S. The molecule has 1 atom stereocenters. The van der Waals surface area contributed by atoms with Crippen LogP contribution in [0.4, 0.5) is 0 Å². The molecule has 7 heteroatoms. The summed E-state index contributed by atoms with van der Waals surface area (Å²) in [7, 11) is -3.51. The quantitative estimate of drug-likeness (QED) is 0.729. The van der Waals surface area contributed by atoms with Gasteiger partial charge < -0.3 is 10.7 Å². The molecule has 0 spiro atoms. The van der Waals surface area contributed by atoms with Gasteiger partial charge in [0.15, 0.2) is 0 Å². The van der Waals surface area contributed by atoms with E-state index in [1.807, 2.05) is 18.3 Å². The normalized spacial score (nSPS) is 19.7. The first-order chi connectivity index (χ1) is 11.0. The van der Waals surface area contributed by atoms with E-state index in [4.69, 9.17) is 10.9 Å². The van der Waals surface area contributed by atoms with Gasteiger partial charge in [0.2, 0.25) is 10.0 Å². The molecule has 23 heavy (non-hydrogen) atoms. The first-order valence-corrected chi connectivity index (χ1v) is 9.71. The molecule has 1 aliphatic heterocycles. The topological polar surface area (TPSA) is 105 Å². The molecule has 1 aromatic carbocycles. The van der Waals surface area contributed by atoms with Crippen LogP contribution in [0, 0.1) is 0 Å². The number of aromatic amines is 1. The molecule has 0 saturated carbocycles. The third-order valence-corrected chi connectivity index (χ3v) is 5.37. The molecule has 1 saturated heterocycles. The van der Waals surface area contributed by atoms with Crippen molar-refractivity contribution in [2.45, 2.75) is 31.1 Å². The van der Waals surface area contributed by atoms with Crippen LogP contribution in [0.3, 0.4) is 0 Å². The molecule has 6 nitrogen and oxygen atoms in total. The molecule has 1 fully saturated rings. The summed E-state index contributed by atoms with van der Waals surface area (Å²) in [5, 5.41) is 6.22. The average molecular weight is 336 g/mol. The zero-order chi connectivity index (χ0) is 16.4. The third kappa shape index (κ3) is 3.92. The summed E-state index contributed by atoms with van der Waals surface area (Å²) in [6, 6.07) is 6.14. The number of sulfonamides is 1. The Kier molecular flexibility index (Phi) is 4.72. The zero-order valence-electron chi connectivity index (χ0n) is 13.2. The number of H-pyrrole nitrogens is 1. The Morgan fingerprint density at radius 3 is 2.91 bits per heavy atom. The van der Waals surface area contributed by atoms with Crippen molar-refractivity contribution in [3.05, 3.63) is 35.5 Å². The van der Waals surface area contributed by atoms with Crippen molar-refractivity contribution >= 4 is 20.9 Å². The van der Waals surface area contributed by atoms with Gasteiger partial charge in [-0.1, -0.05) is 6.07 Å². The van der Waals surface area contributed by atoms with Gasteiger partial charge >= 0.3 is 0 Å². The lowest BCUT2D eigenvalue weighted by atomic mass is 10.1. The van der Waals surface area contributed by atoms with Crippen molar-refractivity contribution in [2.75, 3.05) is 19.6 Å². The van der Waals surface area contributed by atoms with Gasteiger partial charge in [0.1, 0.15) is 0 Å². The van der Waals surface area contributed by atoms with Crippen molar-refractivity contribution in [1.82, 2.24) is 9.88 Å². The molecule has 0 aliphatic carbocycles. The molecule has 1 aliphatic rings. The van der Waals surface area contributed by atoms with E-state index in [1.165, 1.54) is 18.4 Å². The highest BCUT2D eigenvalue weighted by atomic mass is 32.2. The number of hydrogen-bond acceptors (Lipinski definition) is 4. The maximum absolute atomic E-state index is 11.3. The minimum Gasteiger partial charge on any atom is -0.361 e. The van der Waals surface area contributed by atoms with Crippen molar-refractivity contribution in [3.8, 4) is 0 Å². The Bertz CT molecular complexity index is 784. The summed E-state index contributed by atoms with van der Waals surface area (Å²) in [6.45, 7) is 2.81. The molecule has 5 N–H and O–H groups in total. The van der Waals surface area contributed by atoms with Crippen LogP contribution in [-0.4, -0.2) is 44.0 Å². The SMILES string of the molecule is NCC1CCCN1CCc1c[nH]c2ccc(CS(N)(=O)=O)cc12. The number of aromatic nitrogens is 1. The van der Waals surface area contributed by atoms with Gasteiger partial charge in [0, 0.05) is 36.2 Å². The predicted molar refractivity (Wildman–Crippen MR) is 92.5 cm³/mol. The molecule has 0 amide bonds. The van der Waals surface area contributed by atoms with Crippen molar-refractivity contribution in [2.24, 2.45) is 10.9 Å². The van der Waals surface area contributed by atoms with Crippen molar-refractivity contribution in [3.63, 3.8) is 0 Å². The minimum absolute atomic E-state index is 0.130. The molecule has 0 radical (unpaired) electrons. The van der Waals surface area contributed by atoms with Crippen LogP contribution >= 0.6 is 0 Å². The second-order valence-electron chi connectivity index (χ2n) is 6.32. The number of nitrogens with one attached hydrogen (secondary N) is 1. The first-order valence-electron chi connectivity index (χ1n) is 8.00. The van der Waals surface area contributed by atoms with Gasteiger partial charge in [0.05, 0.1) is 5.75 Å². The molecule has 2 aromatic rings. The Hall–Kier alpha value is -1.41. The Balaban J connectivity index is 1.76. The van der Waals surface area contributed by atoms with E-state index in [-0.39, 0.29) is 5.75 Å². The summed E-state index contributed by atoms with van der Waals surface area (Å²) in [4.78, 5) is 5.71. The van der Waals surface area contributed by atoms with Crippen LogP contribution in [0.2, 0.25) is 0 Å². The van der Waals surface area contributed by atoms with E-state index >= 15 is 0 Å². The highest BCUT2D eigenvalue weighted by Crippen LogP contribution is 2.23. The van der Waals surface area contributed by atoms with Crippen molar-refractivity contribution < 1.29 is 8.42 Å². The Morgan fingerprint density at radius 1 is 1.35 bits per heavy atom. The first kappa shape index (κ1) is 16.4. The van der Waals surface area contributed by atoms with Crippen LogP contribution in [-0.2, 0) is 22.2 Å². The Morgan fingerprint density at radius 2 is 2.17 bits per heavy atom. The number of likely N-dealkylation sites (tertiary alicyclic amines) is 1. The van der Waals surface area contributed by atoms with Gasteiger partial charge in [-0.05, 0) is 49.1 Å². The summed E-state index contributed by atoms with van der Waals surface area (Å²) >= 11 is 0. The molecule has 3 rings (SSSR count). The lowest BCUT2D eigenvalue weighted by Crippen LogP contribution is -2.36. The lowest BCUT2D eigenvalue weighted by Gasteiger charge is -2.22. The lowest BCUT2D eigenvalue weighted by molar-refractivity contribution is 0.262. The molecule has 0 bridgehead atoms.